The fourth-order valence-corrected chi connectivity index (χ4v) is 9.31. The first-order valence-corrected chi connectivity index (χ1v) is 25.1. The summed E-state index contributed by atoms with van der Waals surface area (Å²) in [6.07, 6.45) is 0.975. The second-order valence-electron chi connectivity index (χ2n) is 18.8. The predicted molar refractivity (Wildman–Crippen MR) is 274 cm³/mol. The number of aliphatic hydroxyl groups is 1. The van der Waals surface area contributed by atoms with E-state index in [0.717, 1.165) is 65.4 Å². The van der Waals surface area contributed by atoms with E-state index >= 15 is 0 Å². The van der Waals surface area contributed by atoms with E-state index < -0.39 is 47.1 Å². The van der Waals surface area contributed by atoms with Gasteiger partial charge in [0.05, 0.1) is 66.8 Å². The third-order valence-electron chi connectivity index (χ3n) is 12.5. The molecule has 0 bridgehead atoms. The second-order valence-corrected chi connectivity index (χ2v) is 19.7. The van der Waals surface area contributed by atoms with Crippen molar-refractivity contribution in [2.45, 2.75) is 65.3 Å². The number of thiazole rings is 1. The predicted octanol–water partition coefficient (Wildman–Crippen LogP) is 6.03. The highest BCUT2D eigenvalue weighted by Crippen LogP contribution is 2.30. The molecule has 2 saturated heterocycles. The van der Waals surface area contributed by atoms with Gasteiger partial charge in [-0.3, -0.25) is 19.2 Å². The number of benzene rings is 3. The number of hydrogen-bond donors (Lipinski definition) is 4. The molecular weight excluding hydrogens is 944 g/mol. The molecule has 7 rings (SSSR count). The summed E-state index contributed by atoms with van der Waals surface area (Å²) in [5, 5.41) is 19.2. The van der Waals surface area contributed by atoms with Gasteiger partial charge >= 0.3 is 0 Å². The van der Waals surface area contributed by atoms with Crippen molar-refractivity contribution < 1.29 is 47.6 Å². The minimum absolute atomic E-state index is 0.0395. The molecule has 2 aliphatic heterocycles. The summed E-state index contributed by atoms with van der Waals surface area (Å²) in [6.45, 7) is 13.4. The number of nitrogens with zero attached hydrogens (tertiary/aromatic N) is 5. The van der Waals surface area contributed by atoms with Crippen LogP contribution in [0.2, 0.25) is 0 Å². The molecule has 2 aliphatic rings. The summed E-state index contributed by atoms with van der Waals surface area (Å²) in [5.74, 6) is -1.43. The Kier molecular flexibility index (Phi) is 18.7. The van der Waals surface area contributed by atoms with Gasteiger partial charge in [0.1, 0.15) is 42.7 Å². The molecule has 4 atom stereocenters. The Balaban J connectivity index is 0.745. The summed E-state index contributed by atoms with van der Waals surface area (Å²) < 4.78 is 37.2. The van der Waals surface area contributed by atoms with Crippen LogP contribution in [0.1, 0.15) is 61.8 Å². The normalized spacial score (nSPS) is 16.8. The van der Waals surface area contributed by atoms with Crippen molar-refractivity contribution in [3.05, 3.63) is 119 Å². The highest BCUT2D eigenvalue weighted by Gasteiger charge is 2.44. The van der Waals surface area contributed by atoms with Crippen molar-refractivity contribution in [2.75, 3.05) is 94.1 Å². The Bertz CT molecular complexity index is 2570. The number of ether oxygens (including phenoxy) is 4. The first kappa shape index (κ1) is 53.3. The van der Waals surface area contributed by atoms with Gasteiger partial charge in [0.2, 0.25) is 17.7 Å². The molecule has 17 nitrogen and oxygen atoms in total. The Morgan fingerprint density at radius 1 is 0.833 bits per heavy atom. The van der Waals surface area contributed by atoms with E-state index in [2.05, 4.69) is 35.7 Å². The zero-order valence-electron chi connectivity index (χ0n) is 41.5. The van der Waals surface area contributed by atoms with E-state index in [0.29, 0.717) is 5.69 Å². The van der Waals surface area contributed by atoms with Crippen LogP contribution in [0.3, 0.4) is 0 Å². The Hall–Kier alpha value is -6.51. The van der Waals surface area contributed by atoms with Crippen molar-refractivity contribution in [2.24, 2.45) is 5.41 Å². The fraction of sp³-hybridized carbons (Fsp3) is 0.434. The second kappa shape index (κ2) is 25.2. The summed E-state index contributed by atoms with van der Waals surface area (Å²) in [5.41, 5.74) is 5.44. The minimum Gasteiger partial charge on any atom is -0.491 e. The number of halogens is 1. The molecule has 0 spiro atoms. The van der Waals surface area contributed by atoms with Crippen LogP contribution >= 0.6 is 11.3 Å². The van der Waals surface area contributed by atoms with Gasteiger partial charge in [-0.1, -0.05) is 51.1 Å². The number of aromatic nitrogens is 2. The monoisotopic (exact) mass is 1010 g/mol. The largest absolute Gasteiger partial charge is 0.491 e. The maximum atomic E-state index is 15.0. The van der Waals surface area contributed by atoms with Gasteiger partial charge in [-0.2, -0.15) is 0 Å². The van der Waals surface area contributed by atoms with Crippen LogP contribution in [-0.4, -0.2) is 141 Å². The summed E-state index contributed by atoms with van der Waals surface area (Å²) in [6, 6.07) is 23.1. The van der Waals surface area contributed by atoms with Gasteiger partial charge in [0.25, 0.3) is 5.91 Å². The Labute approximate surface area is 424 Å². The summed E-state index contributed by atoms with van der Waals surface area (Å²) in [4.78, 5) is 69.3. The average Bonchev–Trinajstić information content (AvgIpc) is 4.00. The third-order valence-corrected chi connectivity index (χ3v) is 13.4. The molecule has 4 N–H and O–H groups in total. The molecule has 4 amide bonds. The zero-order chi connectivity index (χ0) is 51.2. The molecule has 5 aromatic rings. The SMILES string of the molecule is Cc1ncsc1-c1ccc([C@H](C)NC(=O)[C@@H]2C[C@@H](O)CN2C(=O)[C@@H](NC(=O)COCCOCCOCCOc2ccc(C(=O)Nc3ccc(N4CCN(c5ccccn5)CC4)cc3)c(F)c2)C(C)(C)C)cc1. The number of pyridine rings is 1. The molecule has 2 aromatic heterocycles. The van der Waals surface area contributed by atoms with Crippen LogP contribution in [0, 0.1) is 18.2 Å². The number of nitrogens with one attached hydrogen (secondary N) is 3. The van der Waals surface area contributed by atoms with Crippen LogP contribution in [0.15, 0.2) is 96.6 Å². The maximum absolute atomic E-state index is 15.0. The lowest BCUT2D eigenvalue weighted by Crippen LogP contribution is -2.58. The number of rotatable bonds is 22. The Morgan fingerprint density at radius 2 is 1.51 bits per heavy atom. The molecule has 0 unspecified atom stereocenters. The van der Waals surface area contributed by atoms with Crippen molar-refractivity contribution in [1.29, 1.82) is 0 Å². The number of aryl methyl sites for hydroxylation is 1. The molecule has 0 saturated carbocycles. The van der Waals surface area contributed by atoms with Gasteiger partial charge in [0, 0.05) is 62.8 Å². The quantitative estimate of drug-likeness (QED) is 0.0588. The van der Waals surface area contributed by atoms with Gasteiger partial charge in [0.15, 0.2) is 0 Å². The molecule has 384 valence electrons. The van der Waals surface area contributed by atoms with E-state index in [-0.39, 0.29) is 82.5 Å². The first-order chi connectivity index (χ1) is 34.6. The number of anilines is 3. The van der Waals surface area contributed by atoms with E-state index in [4.69, 9.17) is 18.9 Å². The number of amides is 4. The van der Waals surface area contributed by atoms with Crippen molar-refractivity contribution in [1.82, 2.24) is 25.5 Å². The van der Waals surface area contributed by atoms with Gasteiger partial charge in [-0.25, -0.2) is 14.4 Å². The van der Waals surface area contributed by atoms with E-state index in [1.807, 2.05) is 89.2 Å². The van der Waals surface area contributed by atoms with E-state index in [1.165, 1.54) is 17.0 Å². The van der Waals surface area contributed by atoms with Crippen LogP contribution < -0.4 is 30.5 Å². The number of likely N-dealkylation sites (tertiary alicyclic amines) is 1. The number of hydrogen-bond acceptors (Lipinski definition) is 14. The summed E-state index contributed by atoms with van der Waals surface area (Å²) >= 11 is 1.56. The van der Waals surface area contributed by atoms with Crippen molar-refractivity contribution in [3.63, 3.8) is 0 Å². The molecule has 72 heavy (non-hydrogen) atoms. The smallest absolute Gasteiger partial charge is 0.258 e. The maximum Gasteiger partial charge on any atom is 0.258 e. The number of aliphatic hydroxyl groups excluding tert-OH is 1. The highest BCUT2D eigenvalue weighted by atomic mass is 32.1. The topological polar surface area (TPSA) is 197 Å². The standard InChI is InChI=1S/C53H65FN8O9S/c1-35(37-9-11-38(12-10-37)48-36(2)56-34-72-48)57-51(66)45-30-41(63)32-62(45)52(67)49(53(3,4)5)59-47(64)33-70-27-26-68-24-25-69-28-29-71-42-17-18-43(44(54)31-42)50(65)58-39-13-15-40(16-14-39)60-20-22-61(23-21-60)46-8-6-7-19-55-46/h6-19,31,34-35,41,45,49,63H,20-30,32-33H2,1-5H3,(H,57,66)(H,58,65)(H,59,64)/t35-,41+,45-,49+/m0/s1. The van der Waals surface area contributed by atoms with E-state index in [9.17, 15) is 28.7 Å². The molecule has 2 fully saturated rings. The van der Waals surface area contributed by atoms with Crippen molar-refractivity contribution >= 4 is 52.2 Å². The van der Waals surface area contributed by atoms with Crippen LogP contribution in [-0.2, 0) is 28.6 Å². The first-order valence-electron chi connectivity index (χ1n) is 24.2. The molecule has 19 heteroatoms. The number of carbonyl (C=O) groups excluding carboxylic acids is 4. The number of carbonyl (C=O) groups is 4. The molecule has 4 heterocycles. The average molecular weight is 1010 g/mol. The van der Waals surface area contributed by atoms with Gasteiger partial charge < -0.3 is 54.7 Å². The molecule has 0 aliphatic carbocycles. The van der Waals surface area contributed by atoms with Crippen molar-refractivity contribution in [3.8, 4) is 16.2 Å². The zero-order valence-corrected chi connectivity index (χ0v) is 42.3. The fourth-order valence-electron chi connectivity index (χ4n) is 8.50. The Morgan fingerprint density at radius 3 is 2.15 bits per heavy atom. The minimum atomic E-state index is -0.997. The number of β-amino-alcohol motifs (C(OH)–C–C–N with tert-alkyl or cyclic N) is 1. The van der Waals surface area contributed by atoms with Crippen LogP contribution in [0.5, 0.6) is 5.75 Å². The van der Waals surface area contributed by atoms with Crippen LogP contribution in [0.25, 0.3) is 10.4 Å². The molecular formula is C53H65FN8O9S. The number of piperazine rings is 1. The molecule has 3 aromatic carbocycles. The van der Waals surface area contributed by atoms with E-state index in [1.54, 1.807) is 35.2 Å². The lowest BCUT2D eigenvalue weighted by atomic mass is 9.85. The van der Waals surface area contributed by atoms with Gasteiger partial charge in [-0.15, -0.1) is 11.3 Å². The lowest BCUT2D eigenvalue weighted by Gasteiger charge is -2.36. The highest BCUT2D eigenvalue weighted by molar-refractivity contribution is 7.13. The lowest BCUT2D eigenvalue weighted by molar-refractivity contribution is -0.144. The van der Waals surface area contributed by atoms with Crippen LogP contribution in [0.4, 0.5) is 21.6 Å². The molecule has 0 radical (unpaired) electrons. The third kappa shape index (κ3) is 14.6. The summed E-state index contributed by atoms with van der Waals surface area (Å²) in [7, 11) is 0. The van der Waals surface area contributed by atoms with Gasteiger partial charge in [-0.05, 0) is 78.9 Å².